The third-order valence-corrected chi connectivity index (χ3v) is 3.21. The van der Waals surface area contributed by atoms with Gasteiger partial charge in [-0.2, -0.15) is 8.75 Å². The van der Waals surface area contributed by atoms with Crippen LogP contribution in [0.1, 0.15) is 17.4 Å². The van der Waals surface area contributed by atoms with Crippen molar-refractivity contribution in [2.24, 2.45) is 5.84 Å². The summed E-state index contributed by atoms with van der Waals surface area (Å²) in [6, 6.07) is 9.43. The molecule has 3 N–H and O–H groups in total. The van der Waals surface area contributed by atoms with E-state index in [1.807, 2.05) is 30.3 Å². The van der Waals surface area contributed by atoms with Crippen molar-refractivity contribution in [2.75, 3.05) is 0 Å². The molecule has 0 fully saturated rings. The van der Waals surface area contributed by atoms with E-state index in [1.54, 1.807) is 17.1 Å². The Bertz CT molecular complexity index is 634. The highest BCUT2D eigenvalue weighted by molar-refractivity contribution is 6.99. The molecule has 0 amide bonds. The average molecular weight is 273 g/mol. The first-order valence-electron chi connectivity index (χ1n) is 5.60. The molecule has 7 nitrogen and oxygen atoms in total. The van der Waals surface area contributed by atoms with Gasteiger partial charge < -0.3 is 0 Å². The molecule has 0 aliphatic rings. The summed E-state index contributed by atoms with van der Waals surface area (Å²) in [4.78, 5) is 0. The maximum atomic E-state index is 5.62. The summed E-state index contributed by atoms with van der Waals surface area (Å²) in [5.41, 5.74) is 5.18. The first-order chi connectivity index (χ1) is 9.40. The van der Waals surface area contributed by atoms with Gasteiger partial charge in [0, 0.05) is 0 Å². The van der Waals surface area contributed by atoms with E-state index in [9.17, 15) is 0 Å². The molecule has 0 aliphatic carbocycles. The first-order valence-corrected chi connectivity index (χ1v) is 6.33. The average Bonchev–Trinajstić information content (AvgIpc) is 3.12. The SMILES string of the molecule is NNC(c1cnsn1)c1cnnn1-c1ccccc1. The number of nitrogens with two attached hydrogens (primary N) is 1. The molecule has 1 unspecified atom stereocenters. The quantitative estimate of drug-likeness (QED) is 0.536. The molecule has 0 saturated carbocycles. The Kier molecular flexibility index (Phi) is 3.27. The van der Waals surface area contributed by atoms with Crippen molar-refractivity contribution in [3.8, 4) is 5.69 Å². The molecular weight excluding hydrogens is 262 g/mol. The van der Waals surface area contributed by atoms with E-state index in [0.717, 1.165) is 28.8 Å². The van der Waals surface area contributed by atoms with Gasteiger partial charge in [-0.1, -0.05) is 23.4 Å². The summed E-state index contributed by atoms with van der Waals surface area (Å²) in [6.45, 7) is 0. The first kappa shape index (κ1) is 11.9. The molecule has 0 saturated heterocycles. The zero-order chi connectivity index (χ0) is 13.1. The van der Waals surface area contributed by atoms with Crippen LogP contribution in [0.2, 0.25) is 0 Å². The smallest absolute Gasteiger partial charge is 0.110 e. The van der Waals surface area contributed by atoms with Crippen LogP contribution in [-0.2, 0) is 0 Å². The van der Waals surface area contributed by atoms with Crippen molar-refractivity contribution < 1.29 is 0 Å². The van der Waals surface area contributed by atoms with Gasteiger partial charge in [0.05, 0.1) is 41.2 Å². The molecular formula is C11H11N7S. The molecule has 0 bridgehead atoms. The molecule has 0 aliphatic heterocycles. The lowest BCUT2D eigenvalue weighted by Gasteiger charge is -2.14. The van der Waals surface area contributed by atoms with Crippen molar-refractivity contribution in [1.82, 2.24) is 29.2 Å². The molecule has 2 aromatic heterocycles. The monoisotopic (exact) mass is 273 g/mol. The largest absolute Gasteiger partial charge is 0.270 e. The number of benzene rings is 1. The third kappa shape index (κ3) is 2.24. The lowest BCUT2D eigenvalue weighted by Crippen LogP contribution is -2.30. The van der Waals surface area contributed by atoms with E-state index in [-0.39, 0.29) is 6.04 Å². The summed E-state index contributed by atoms with van der Waals surface area (Å²) in [5.74, 6) is 5.62. The van der Waals surface area contributed by atoms with E-state index in [1.165, 1.54) is 0 Å². The second-order valence-corrected chi connectivity index (χ2v) is 4.39. The number of nitrogens with one attached hydrogen (secondary N) is 1. The number of para-hydroxylation sites is 1. The molecule has 2 heterocycles. The van der Waals surface area contributed by atoms with Crippen LogP contribution in [-0.4, -0.2) is 23.7 Å². The van der Waals surface area contributed by atoms with Gasteiger partial charge in [0.15, 0.2) is 0 Å². The van der Waals surface area contributed by atoms with E-state index >= 15 is 0 Å². The van der Waals surface area contributed by atoms with Crippen LogP contribution < -0.4 is 11.3 Å². The minimum absolute atomic E-state index is 0.297. The normalized spacial score (nSPS) is 12.5. The van der Waals surface area contributed by atoms with Crippen LogP contribution >= 0.6 is 11.7 Å². The van der Waals surface area contributed by atoms with Gasteiger partial charge in [-0.25, -0.2) is 10.1 Å². The number of hydrazine groups is 1. The summed E-state index contributed by atoms with van der Waals surface area (Å²) >= 11 is 1.14. The van der Waals surface area contributed by atoms with Gasteiger partial charge in [0.25, 0.3) is 0 Å². The number of nitrogens with zero attached hydrogens (tertiary/aromatic N) is 5. The molecule has 0 radical (unpaired) electrons. The lowest BCUT2D eigenvalue weighted by molar-refractivity contribution is 0.586. The van der Waals surface area contributed by atoms with Crippen LogP contribution in [0.15, 0.2) is 42.7 Å². The molecule has 96 valence electrons. The van der Waals surface area contributed by atoms with Crippen molar-refractivity contribution in [2.45, 2.75) is 6.04 Å². The minimum atomic E-state index is -0.297. The van der Waals surface area contributed by atoms with E-state index in [0.29, 0.717) is 0 Å². The fraction of sp³-hybridized carbons (Fsp3) is 0.0909. The summed E-state index contributed by atoms with van der Waals surface area (Å²) < 4.78 is 9.91. The zero-order valence-electron chi connectivity index (χ0n) is 9.84. The maximum absolute atomic E-state index is 5.62. The molecule has 0 spiro atoms. The Balaban J connectivity index is 2.04. The number of rotatable bonds is 4. The van der Waals surface area contributed by atoms with Crippen LogP contribution in [0.25, 0.3) is 5.69 Å². The number of hydrogen-bond donors (Lipinski definition) is 2. The van der Waals surface area contributed by atoms with Gasteiger partial charge in [0.1, 0.15) is 6.04 Å². The highest BCUT2D eigenvalue weighted by atomic mass is 32.1. The second kappa shape index (κ2) is 5.22. The summed E-state index contributed by atoms with van der Waals surface area (Å²) in [7, 11) is 0. The fourth-order valence-electron chi connectivity index (χ4n) is 1.83. The number of aromatic nitrogens is 5. The third-order valence-electron chi connectivity index (χ3n) is 2.71. The zero-order valence-corrected chi connectivity index (χ0v) is 10.7. The van der Waals surface area contributed by atoms with Crippen LogP contribution in [0.4, 0.5) is 0 Å². The predicted octanol–water partition coefficient (Wildman–Crippen LogP) is 0.671. The Labute approximate surface area is 113 Å². The predicted molar refractivity (Wildman–Crippen MR) is 70.4 cm³/mol. The summed E-state index contributed by atoms with van der Waals surface area (Å²) in [6.07, 6.45) is 3.34. The molecule has 1 atom stereocenters. The Morgan fingerprint density at radius 1 is 1.21 bits per heavy atom. The van der Waals surface area contributed by atoms with E-state index in [4.69, 9.17) is 5.84 Å². The van der Waals surface area contributed by atoms with E-state index in [2.05, 4.69) is 24.5 Å². The Morgan fingerprint density at radius 2 is 2.05 bits per heavy atom. The minimum Gasteiger partial charge on any atom is -0.270 e. The molecule has 3 aromatic rings. The highest BCUT2D eigenvalue weighted by Crippen LogP contribution is 2.21. The van der Waals surface area contributed by atoms with Crippen LogP contribution in [0, 0.1) is 0 Å². The second-order valence-electron chi connectivity index (χ2n) is 3.84. The van der Waals surface area contributed by atoms with Crippen LogP contribution in [0.5, 0.6) is 0 Å². The van der Waals surface area contributed by atoms with Crippen molar-refractivity contribution in [3.63, 3.8) is 0 Å². The maximum Gasteiger partial charge on any atom is 0.110 e. The number of hydrogen-bond acceptors (Lipinski definition) is 7. The van der Waals surface area contributed by atoms with Crippen LogP contribution in [0.3, 0.4) is 0 Å². The van der Waals surface area contributed by atoms with Crippen molar-refractivity contribution >= 4 is 11.7 Å². The van der Waals surface area contributed by atoms with Gasteiger partial charge >= 0.3 is 0 Å². The fourth-order valence-corrected chi connectivity index (χ4v) is 2.28. The van der Waals surface area contributed by atoms with Gasteiger partial charge in [-0.05, 0) is 12.1 Å². The van der Waals surface area contributed by atoms with Gasteiger partial charge in [0.2, 0.25) is 0 Å². The Morgan fingerprint density at radius 3 is 2.74 bits per heavy atom. The molecule has 19 heavy (non-hydrogen) atoms. The van der Waals surface area contributed by atoms with E-state index < -0.39 is 0 Å². The van der Waals surface area contributed by atoms with Gasteiger partial charge in [-0.3, -0.25) is 5.84 Å². The standard InChI is InChI=1S/C11H11N7S/c12-15-11(9-6-14-19-16-9)10-7-13-17-18(10)8-4-2-1-3-5-8/h1-7,11,15H,12H2. The highest BCUT2D eigenvalue weighted by Gasteiger charge is 2.20. The Hall–Kier alpha value is -2.16. The molecule has 8 heteroatoms. The van der Waals surface area contributed by atoms with Gasteiger partial charge in [-0.15, -0.1) is 5.10 Å². The molecule has 3 rings (SSSR count). The molecule has 1 aromatic carbocycles. The topological polar surface area (TPSA) is 94.5 Å². The van der Waals surface area contributed by atoms with Crippen molar-refractivity contribution in [3.05, 3.63) is 54.1 Å². The van der Waals surface area contributed by atoms with Crippen molar-refractivity contribution in [1.29, 1.82) is 0 Å². The lowest BCUT2D eigenvalue weighted by atomic mass is 10.1. The summed E-state index contributed by atoms with van der Waals surface area (Å²) in [5, 5.41) is 8.04.